The predicted octanol–water partition coefficient (Wildman–Crippen LogP) is 2.99. The molecule has 1 fully saturated rings. The summed E-state index contributed by atoms with van der Waals surface area (Å²) in [7, 11) is 0. The van der Waals surface area contributed by atoms with Crippen molar-refractivity contribution in [1.82, 2.24) is 19.8 Å². The van der Waals surface area contributed by atoms with E-state index in [9.17, 15) is 9.59 Å². The first kappa shape index (κ1) is 23.0. The number of hydrogen-bond donors (Lipinski definition) is 1. The lowest BCUT2D eigenvalue weighted by atomic mass is 10.2. The van der Waals surface area contributed by atoms with Crippen molar-refractivity contribution in [2.75, 3.05) is 45.1 Å². The molecular weight excluding hydrogens is 444 g/mol. The standard InChI is InChI=1S/C23H28N4O3S2/c1-16-17(2)32-21-20(16)22(29)27(18-7-4-3-5-8-18)23(25-21)31-15-19(28)24-9-6-10-26-11-13-30-14-12-26/h3-5,7-8H,6,9-15H2,1-2H3,(H,24,28). The predicted molar refractivity (Wildman–Crippen MR) is 130 cm³/mol. The number of carbonyl (C=O) groups excluding carboxylic acids is 1. The third-order valence-corrected chi connectivity index (χ3v) is 7.64. The van der Waals surface area contributed by atoms with Crippen LogP contribution < -0.4 is 10.9 Å². The van der Waals surface area contributed by atoms with Gasteiger partial charge in [0.25, 0.3) is 5.56 Å². The quantitative estimate of drug-likeness (QED) is 0.309. The molecule has 0 radical (unpaired) electrons. The van der Waals surface area contributed by atoms with E-state index in [4.69, 9.17) is 9.72 Å². The Morgan fingerprint density at radius 1 is 1.22 bits per heavy atom. The molecule has 0 spiro atoms. The largest absolute Gasteiger partial charge is 0.379 e. The molecule has 1 aromatic carbocycles. The maximum atomic E-state index is 13.4. The number of rotatable bonds is 8. The molecule has 0 saturated carbocycles. The summed E-state index contributed by atoms with van der Waals surface area (Å²) in [6.07, 6.45) is 0.906. The Balaban J connectivity index is 1.45. The Hall–Kier alpha value is -2.20. The number of aryl methyl sites for hydroxylation is 2. The number of nitrogens with zero attached hydrogens (tertiary/aromatic N) is 3. The van der Waals surface area contributed by atoms with E-state index < -0.39 is 0 Å². The van der Waals surface area contributed by atoms with E-state index in [0.717, 1.165) is 60.2 Å². The number of benzene rings is 1. The third kappa shape index (κ3) is 5.23. The minimum Gasteiger partial charge on any atom is -0.379 e. The molecule has 9 heteroatoms. The molecule has 3 heterocycles. The average Bonchev–Trinajstić information content (AvgIpc) is 3.10. The molecule has 170 valence electrons. The SMILES string of the molecule is Cc1sc2nc(SCC(=O)NCCCN3CCOCC3)n(-c3ccccc3)c(=O)c2c1C. The van der Waals surface area contributed by atoms with Crippen LogP contribution in [0.2, 0.25) is 0 Å². The number of fused-ring (bicyclic) bond motifs is 1. The molecule has 1 N–H and O–H groups in total. The minimum absolute atomic E-state index is 0.0514. The summed E-state index contributed by atoms with van der Waals surface area (Å²) < 4.78 is 6.98. The van der Waals surface area contributed by atoms with E-state index in [1.807, 2.05) is 44.2 Å². The summed E-state index contributed by atoms with van der Waals surface area (Å²) in [5.74, 6) is 0.163. The van der Waals surface area contributed by atoms with Gasteiger partial charge < -0.3 is 10.1 Å². The van der Waals surface area contributed by atoms with Gasteiger partial charge >= 0.3 is 0 Å². The number of ether oxygens (including phenoxy) is 1. The van der Waals surface area contributed by atoms with Crippen LogP contribution in [-0.4, -0.2) is 65.5 Å². The molecule has 4 rings (SSSR count). The Morgan fingerprint density at radius 2 is 1.97 bits per heavy atom. The zero-order valence-corrected chi connectivity index (χ0v) is 20.1. The molecule has 2 aromatic heterocycles. The van der Waals surface area contributed by atoms with E-state index >= 15 is 0 Å². The molecule has 0 atom stereocenters. The smallest absolute Gasteiger partial charge is 0.267 e. The number of para-hydroxylation sites is 1. The number of amides is 1. The number of thioether (sulfide) groups is 1. The zero-order chi connectivity index (χ0) is 22.5. The van der Waals surface area contributed by atoms with Crippen molar-refractivity contribution in [3.05, 3.63) is 51.1 Å². The van der Waals surface area contributed by atoms with Crippen molar-refractivity contribution in [2.24, 2.45) is 0 Å². The maximum Gasteiger partial charge on any atom is 0.267 e. The molecule has 1 aliphatic rings. The lowest BCUT2D eigenvalue weighted by Crippen LogP contribution is -2.38. The van der Waals surface area contributed by atoms with Crippen LogP contribution in [0.5, 0.6) is 0 Å². The number of thiophene rings is 1. The second-order valence-corrected chi connectivity index (χ2v) is 9.93. The Labute approximate surface area is 195 Å². The summed E-state index contributed by atoms with van der Waals surface area (Å²) in [5.41, 5.74) is 1.64. The van der Waals surface area contributed by atoms with Gasteiger partial charge in [0.15, 0.2) is 5.16 Å². The highest BCUT2D eigenvalue weighted by atomic mass is 32.2. The van der Waals surface area contributed by atoms with Crippen LogP contribution in [0.4, 0.5) is 0 Å². The molecule has 7 nitrogen and oxygen atoms in total. The van der Waals surface area contributed by atoms with Gasteiger partial charge in [-0.3, -0.25) is 19.1 Å². The summed E-state index contributed by atoms with van der Waals surface area (Å²) in [6.45, 7) is 9.04. The van der Waals surface area contributed by atoms with Gasteiger partial charge in [0.05, 0.1) is 30.0 Å². The second-order valence-electron chi connectivity index (χ2n) is 7.78. The van der Waals surface area contributed by atoms with Gasteiger partial charge in [-0.2, -0.15) is 0 Å². The summed E-state index contributed by atoms with van der Waals surface area (Å²) in [4.78, 5) is 34.8. The Kier molecular flexibility index (Phi) is 7.62. The molecule has 1 aliphatic heterocycles. The molecule has 1 saturated heterocycles. The third-order valence-electron chi connectivity index (χ3n) is 5.60. The number of morpholine rings is 1. The average molecular weight is 473 g/mol. The maximum absolute atomic E-state index is 13.4. The fraction of sp³-hybridized carbons (Fsp3) is 0.435. The van der Waals surface area contributed by atoms with Crippen LogP contribution in [0.3, 0.4) is 0 Å². The Morgan fingerprint density at radius 3 is 2.72 bits per heavy atom. The fourth-order valence-corrected chi connectivity index (χ4v) is 5.63. The number of hydrogen-bond acceptors (Lipinski definition) is 7. The van der Waals surface area contributed by atoms with Gasteiger partial charge in [0, 0.05) is 24.5 Å². The molecule has 32 heavy (non-hydrogen) atoms. The van der Waals surface area contributed by atoms with Gasteiger partial charge in [0.2, 0.25) is 5.91 Å². The first-order chi connectivity index (χ1) is 15.5. The molecule has 0 unspecified atom stereocenters. The summed E-state index contributed by atoms with van der Waals surface area (Å²) in [6, 6.07) is 9.48. The second kappa shape index (κ2) is 10.6. The Bertz CT molecular complexity index is 1140. The molecular formula is C23H28N4O3S2. The van der Waals surface area contributed by atoms with Crippen molar-refractivity contribution in [2.45, 2.75) is 25.4 Å². The molecule has 3 aromatic rings. The topological polar surface area (TPSA) is 76.5 Å². The van der Waals surface area contributed by atoms with Crippen LogP contribution in [0.15, 0.2) is 40.3 Å². The highest BCUT2D eigenvalue weighted by Gasteiger charge is 2.18. The zero-order valence-electron chi connectivity index (χ0n) is 18.4. The van der Waals surface area contributed by atoms with Crippen LogP contribution >= 0.6 is 23.1 Å². The van der Waals surface area contributed by atoms with E-state index in [1.165, 1.54) is 23.1 Å². The van der Waals surface area contributed by atoms with Gasteiger partial charge in [-0.15, -0.1) is 11.3 Å². The monoisotopic (exact) mass is 472 g/mol. The first-order valence-corrected chi connectivity index (χ1v) is 12.6. The van der Waals surface area contributed by atoms with Crippen LogP contribution in [0, 0.1) is 13.8 Å². The van der Waals surface area contributed by atoms with Crippen molar-refractivity contribution in [3.63, 3.8) is 0 Å². The van der Waals surface area contributed by atoms with Crippen LogP contribution in [-0.2, 0) is 9.53 Å². The van der Waals surface area contributed by atoms with Crippen molar-refractivity contribution in [3.8, 4) is 5.69 Å². The van der Waals surface area contributed by atoms with Crippen LogP contribution in [0.25, 0.3) is 15.9 Å². The lowest BCUT2D eigenvalue weighted by Gasteiger charge is -2.26. The van der Waals surface area contributed by atoms with Crippen LogP contribution in [0.1, 0.15) is 16.9 Å². The van der Waals surface area contributed by atoms with Gasteiger partial charge in [-0.1, -0.05) is 30.0 Å². The van der Waals surface area contributed by atoms with Crippen molar-refractivity contribution < 1.29 is 9.53 Å². The fourth-order valence-electron chi connectivity index (χ4n) is 3.71. The minimum atomic E-state index is -0.0866. The highest BCUT2D eigenvalue weighted by Crippen LogP contribution is 2.29. The molecule has 0 bridgehead atoms. The lowest BCUT2D eigenvalue weighted by molar-refractivity contribution is -0.118. The normalized spacial score (nSPS) is 14.7. The number of aromatic nitrogens is 2. The highest BCUT2D eigenvalue weighted by molar-refractivity contribution is 7.99. The molecule has 1 amide bonds. The number of carbonyl (C=O) groups is 1. The molecule has 0 aliphatic carbocycles. The summed E-state index contributed by atoms with van der Waals surface area (Å²) in [5, 5.41) is 4.19. The van der Waals surface area contributed by atoms with E-state index in [1.54, 1.807) is 4.57 Å². The van der Waals surface area contributed by atoms with E-state index in [0.29, 0.717) is 17.1 Å². The van der Waals surface area contributed by atoms with E-state index in [-0.39, 0.29) is 17.2 Å². The van der Waals surface area contributed by atoms with Gasteiger partial charge in [-0.05, 0) is 44.5 Å². The first-order valence-electron chi connectivity index (χ1n) is 10.8. The van der Waals surface area contributed by atoms with Crippen molar-refractivity contribution >= 4 is 39.2 Å². The van der Waals surface area contributed by atoms with Gasteiger partial charge in [0.1, 0.15) is 4.83 Å². The summed E-state index contributed by atoms with van der Waals surface area (Å²) >= 11 is 2.82. The van der Waals surface area contributed by atoms with Gasteiger partial charge in [-0.25, -0.2) is 4.98 Å². The van der Waals surface area contributed by atoms with Crippen molar-refractivity contribution in [1.29, 1.82) is 0 Å². The number of nitrogens with one attached hydrogen (secondary N) is 1. The van der Waals surface area contributed by atoms with E-state index in [2.05, 4.69) is 10.2 Å².